The molecule has 0 saturated carbocycles. The summed E-state index contributed by atoms with van der Waals surface area (Å²) in [6, 6.07) is 0. The van der Waals surface area contributed by atoms with Crippen molar-refractivity contribution in [3.05, 3.63) is 0 Å². The van der Waals surface area contributed by atoms with Crippen LogP contribution < -0.4 is 0 Å². The largest absolute Gasteiger partial charge is 0.396 e. The third-order valence-corrected chi connectivity index (χ3v) is 4.21. The van der Waals surface area contributed by atoms with Crippen molar-refractivity contribution in [1.82, 2.24) is 0 Å². The lowest BCUT2D eigenvalue weighted by Crippen LogP contribution is -1.97. The minimum absolute atomic E-state index is 0.358. The zero-order valence-electron chi connectivity index (χ0n) is 13.1. The van der Waals surface area contributed by atoms with Gasteiger partial charge in [0.05, 0.1) is 0 Å². The molecule has 1 heteroatoms. The zero-order chi connectivity index (χ0) is 13.6. The van der Waals surface area contributed by atoms with E-state index in [0.29, 0.717) is 12.5 Å². The van der Waals surface area contributed by atoms with Gasteiger partial charge in [-0.15, -0.1) is 0 Å². The zero-order valence-corrected chi connectivity index (χ0v) is 13.1. The normalized spacial score (nSPS) is 14.7. The summed E-state index contributed by atoms with van der Waals surface area (Å²) in [7, 11) is 0. The van der Waals surface area contributed by atoms with Crippen LogP contribution in [0, 0.1) is 11.8 Å². The van der Waals surface area contributed by atoms with Gasteiger partial charge in [-0.25, -0.2) is 0 Å². The molecule has 0 bridgehead atoms. The maximum absolute atomic E-state index is 8.82. The molecule has 110 valence electrons. The highest BCUT2D eigenvalue weighted by Crippen LogP contribution is 2.16. The third kappa shape index (κ3) is 12.4. The Labute approximate surface area is 115 Å². The van der Waals surface area contributed by atoms with Crippen molar-refractivity contribution >= 4 is 0 Å². The van der Waals surface area contributed by atoms with Crippen LogP contribution >= 0.6 is 0 Å². The summed E-state index contributed by atoms with van der Waals surface area (Å²) >= 11 is 0. The fraction of sp³-hybridized carbons (Fsp3) is 1.00. The lowest BCUT2D eigenvalue weighted by molar-refractivity contribution is 0.256. The van der Waals surface area contributed by atoms with Crippen LogP contribution in [0.5, 0.6) is 0 Å². The Balaban J connectivity index is 3.07. The standard InChI is InChI=1S/C17H36O/c1-4-16(2)12-10-8-6-5-7-9-11-13-17(3)14-15-18/h16-18H,4-15H2,1-3H3. The van der Waals surface area contributed by atoms with Gasteiger partial charge in [0.25, 0.3) is 0 Å². The van der Waals surface area contributed by atoms with Crippen molar-refractivity contribution in [3.8, 4) is 0 Å². The lowest BCUT2D eigenvalue weighted by atomic mass is 9.98. The fourth-order valence-corrected chi connectivity index (χ4v) is 2.44. The summed E-state index contributed by atoms with van der Waals surface area (Å²) < 4.78 is 0. The molecule has 0 amide bonds. The summed E-state index contributed by atoms with van der Waals surface area (Å²) in [5.41, 5.74) is 0. The van der Waals surface area contributed by atoms with Crippen LogP contribution in [-0.4, -0.2) is 11.7 Å². The monoisotopic (exact) mass is 256 g/mol. The van der Waals surface area contributed by atoms with Gasteiger partial charge in [-0.2, -0.15) is 0 Å². The molecule has 0 spiro atoms. The van der Waals surface area contributed by atoms with Crippen LogP contribution in [0.2, 0.25) is 0 Å². The molecule has 0 aliphatic heterocycles. The number of hydrogen-bond donors (Lipinski definition) is 1. The number of aliphatic hydroxyl groups is 1. The molecule has 0 aliphatic carbocycles. The van der Waals surface area contributed by atoms with Gasteiger partial charge in [0.15, 0.2) is 0 Å². The molecular weight excluding hydrogens is 220 g/mol. The average molecular weight is 256 g/mol. The van der Waals surface area contributed by atoms with E-state index in [1.165, 1.54) is 64.2 Å². The topological polar surface area (TPSA) is 20.2 Å². The third-order valence-electron chi connectivity index (χ3n) is 4.21. The van der Waals surface area contributed by atoms with Crippen molar-refractivity contribution in [2.45, 2.75) is 91.4 Å². The number of hydrogen-bond acceptors (Lipinski definition) is 1. The van der Waals surface area contributed by atoms with Gasteiger partial charge in [-0.3, -0.25) is 0 Å². The maximum Gasteiger partial charge on any atom is 0.0433 e. The first-order valence-electron chi connectivity index (χ1n) is 8.31. The molecule has 2 atom stereocenters. The summed E-state index contributed by atoms with van der Waals surface area (Å²) in [4.78, 5) is 0. The highest BCUT2D eigenvalue weighted by atomic mass is 16.3. The van der Waals surface area contributed by atoms with E-state index in [1.54, 1.807) is 0 Å². The summed E-state index contributed by atoms with van der Waals surface area (Å²) in [5.74, 6) is 1.64. The summed E-state index contributed by atoms with van der Waals surface area (Å²) in [5, 5.41) is 8.82. The van der Waals surface area contributed by atoms with Gasteiger partial charge in [0, 0.05) is 6.61 Å². The van der Waals surface area contributed by atoms with Crippen molar-refractivity contribution in [2.24, 2.45) is 11.8 Å². The maximum atomic E-state index is 8.82. The second-order valence-electron chi connectivity index (χ2n) is 6.18. The molecule has 0 heterocycles. The molecule has 0 aliphatic rings. The van der Waals surface area contributed by atoms with Crippen LogP contribution in [0.4, 0.5) is 0 Å². The van der Waals surface area contributed by atoms with Gasteiger partial charge < -0.3 is 5.11 Å². The Morgan fingerprint density at radius 2 is 1.11 bits per heavy atom. The first kappa shape index (κ1) is 18.0. The average Bonchev–Trinajstić information content (AvgIpc) is 2.36. The summed E-state index contributed by atoms with van der Waals surface area (Å²) in [6.07, 6.45) is 14.9. The lowest BCUT2D eigenvalue weighted by Gasteiger charge is -2.09. The molecule has 2 unspecified atom stereocenters. The Hall–Kier alpha value is -0.0400. The molecule has 0 aromatic rings. The van der Waals surface area contributed by atoms with E-state index in [0.717, 1.165) is 12.3 Å². The van der Waals surface area contributed by atoms with E-state index in [-0.39, 0.29) is 0 Å². The summed E-state index contributed by atoms with van der Waals surface area (Å²) in [6.45, 7) is 7.28. The molecule has 0 radical (unpaired) electrons. The van der Waals surface area contributed by atoms with Crippen molar-refractivity contribution in [3.63, 3.8) is 0 Å². The Kier molecular flexibility index (Phi) is 13.4. The van der Waals surface area contributed by atoms with E-state index >= 15 is 0 Å². The molecule has 1 N–H and O–H groups in total. The SMILES string of the molecule is CCC(C)CCCCCCCCCC(C)CCO. The molecule has 0 fully saturated rings. The van der Waals surface area contributed by atoms with Gasteiger partial charge in [-0.1, -0.05) is 85.0 Å². The molecule has 0 aromatic carbocycles. The molecule has 0 aromatic heterocycles. The van der Waals surface area contributed by atoms with E-state index < -0.39 is 0 Å². The predicted molar refractivity (Wildman–Crippen MR) is 81.9 cm³/mol. The number of rotatable bonds is 13. The van der Waals surface area contributed by atoms with Crippen LogP contribution in [0.15, 0.2) is 0 Å². The second kappa shape index (κ2) is 13.4. The molecular formula is C17H36O. The van der Waals surface area contributed by atoms with Gasteiger partial charge in [0.2, 0.25) is 0 Å². The number of aliphatic hydroxyl groups excluding tert-OH is 1. The van der Waals surface area contributed by atoms with Gasteiger partial charge >= 0.3 is 0 Å². The van der Waals surface area contributed by atoms with Crippen LogP contribution in [0.1, 0.15) is 91.4 Å². The van der Waals surface area contributed by atoms with E-state index in [4.69, 9.17) is 5.11 Å². The van der Waals surface area contributed by atoms with E-state index in [9.17, 15) is 0 Å². The van der Waals surface area contributed by atoms with Gasteiger partial charge in [0.1, 0.15) is 0 Å². The fourth-order valence-electron chi connectivity index (χ4n) is 2.44. The van der Waals surface area contributed by atoms with Crippen molar-refractivity contribution < 1.29 is 5.11 Å². The molecule has 0 saturated heterocycles. The Bertz CT molecular complexity index is 156. The number of unbranched alkanes of at least 4 members (excludes halogenated alkanes) is 6. The molecule has 1 nitrogen and oxygen atoms in total. The highest BCUT2D eigenvalue weighted by molar-refractivity contribution is 4.54. The van der Waals surface area contributed by atoms with E-state index in [2.05, 4.69) is 20.8 Å². The second-order valence-corrected chi connectivity index (χ2v) is 6.18. The first-order valence-corrected chi connectivity index (χ1v) is 8.31. The minimum atomic E-state index is 0.358. The Morgan fingerprint density at radius 1 is 0.667 bits per heavy atom. The van der Waals surface area contributed by atoms with Gasteiger partial charge in [-0.05, 0) is 18.3 Å². The van der Waals surface area contributed by atoms with Crippen LogP contribution in [-0.2, 0) is 0 Å². The quantitative estimate of drug-likeness (QED) is 0.428. The predicted octanol–water partition coefficient (Wildman–Crippen LogP) is 5.56. The van der Waals surface area contributed by atoms with Crippen molar-refractivity contribution in [2.75, 3.05) is 6.61 Å². The molecule has 0 rings (SSSR count). The van der Waals surface area contributed by atoms with Crippen LogP contribution in [0.3, 0.4) is 0 Å². The first-order chi connectivity index (χ1) is 8.70. The minimum Gasteiger partial charge on any atom is -0.396 e. The Morgan fingerprint density at radius 3 is 1.56 bits per heavy atom. The van der Waals surface area contributed by atoms with E-state index in [1.807, 2.05) is 0 Å². The van der Waals surface area contributed by atoms with Crippen molar-refractivity contribution in [1.29, 1.82) is 0 Å². The highest BCUT2D eigenvalue weighted by Gasteiger charge is 2.01. The smallest absolute Gasteiger partial charge is 0.0433 e. The molecule has 18 heavy (non-hydrogen) atoms. The van der Waals surface area contributed by atoms with Crippen LogP contribution in [0.25, 0.3) is 0 Å².